The highest BCUT2D eigenvalue weighted by molar-refractivity contribution is 5.83. The van der Waals surface area contributed by atoms with Crippen LogP contribution in [0.4, 0.5) is 8.78 Å². The van der Waals surface area contributed by atoms with Crippen LogP contribution in [0.15, 0.2) is 16.5 Å². The van der Waals surface area contributed by atoms with Gasteiger partial charge in [0.15, 0.2) is 11.4 Å². The summed E-state index contributed by atoms with van der Waals surface area (Å²) < 4.78 is 32.6. The standard InChI is InChI=1S/C14H17F2NO/c1-8-11(7-17-14(2,3)4)18-13-10(16)6-5-9(15)12(8)13/h5-6,17H,7H2,1-4H3. The maximum Gasteiger partial charge on any atom is 0.173 e. The topological polar surface area (TPSA) is 25.2 Å². The van der Waals surface area contributed by atoms with Crippen molar-refractivity contribution in [3.05, 3.63) is 35.1 Å². The first-order valence-electron chi connectivity index (χ1n) is 5.90. The quantitative estimate of drug-likeness (QED) is 0.877. The Bertz CT molecular complexity index is 581. The lowest BCUT2D eigenvalue weighted by Gasteiger charge is -2.19. The number of furan rings is 1. The van der Waals surface area contributed by atoms with Crippen molar-refractivity contribution in [3.8, 4) is 0 Å². The molecule has 0 radical (unpaired) electrons. The molecule has 0 aliphatic carbocycles. The Hall–Kier alpha value is -1.42. The number of hydrogen-bond donors (Lipinski definition) is 1. The van der Waals surface area contributed by atoms with E-state index in [9.17, 15) is 8.78 Å². The Morgan fingerprint density at radius 2 is 1.78 bits per heavy atom. The molecule has 2 nitrogen and oxygen atoms in total. The van der Waals surface area contributed by atoms with E-state index >= 15 is 0 Å². The van der Waals surface area contributed by atoms with Crippen LogP contribution in [0.5, 0.6) is 0 Å². The van der Waals surface area contributed by atoms with Crippen LogP contribution in [-0.2, 0) is 6.54 Å². The molecule has 0 saturated heterocycles. The van der Waals surface area contributed by atoms with Gasteiger partial charge in [0.2, 0.25) is 0 Å². The third kappa shape index (κ3) is 2.38. The highest BCUT2D eigenvalue weighted by Crippen LogP contribution is 2.29. The van der Waals surface area contributed by atoms with E-state index in [2.05, 4.69) is 5.32 Å². The highest BCUT2D eigenvalue weighted by atomic mass is 19.1. The average molecular weight is 253 g/mol. The maximum absolute atomic E-state index is 13.7. The van der Waals surface area contributed by atoms with Gasteiger partial charge in [-0.2, -0.15) is 0 Å². The molecule has 0 saturated carbocycles. The van der Waals surface area contributed by atoms with Gasteiger partial charge in [0.1, 0.15) is 11.6 Å². The lowest BCUT2D eigenvalue weighted by atomic mass is 10.1. The van der Waals surface area contributed by atoms with Gasteiger partial charge in [-0.05, 0) is 39.8 Å². The van der Waals surface area contributed by atoms with Crippen molar-refractivity contribution in [3.63, 3.8) is 0 Å². The summed E-state index contributed by atoms with van der Waals surface area (Å²) >= 11 is 0. The monoisotopic (exact) mass is 253 g/mol. The van der Waals surface area contributed by atoms with Gasteiger partial charge in [0.05, 0.1) is 11.9 Å². The largest absolute Gasteiger partial charge is 0.456 e. The summed E-state index contributed by atoms with van der Waals surface area (Å²) in [7, 11) is 0. The number of benzene rings is 1. The van der Waals surface area contributed by atoms with E-state index in [1.54, 1.807) is 6.92 Å². The molecule has 0 aliphatic heterocycles. The first-order valence-corrected chi connectivity index (χ1v) is 5.90. The maximum atomic E-state index is 13.7. The zero-order valence-electron chi connectivity index (χ0n) is 11.0. The summed E-state index contributed by atoms with van der Waals surface area (Å²) in [6.45, 7) is 8.25. The number of hydrogen-bond acceptors (Lipinski definition) is 2. The molecule has 18 heavy (non-hydrogen) atoms. The Labute approximate surface area is 105 Å². The molecule has 0 atom stereocenters. The van der Waals surface area contributed by atoms with Crippen molar-refractivity contribution in [2.45, 2.75) is 39.8 Å². The van der Waals surface area contributed by atoms with E-state index in [-0.39, 0.29) is 16.5 Å². The fraction of sp³-hybridized carbons (Fsp3) is 0.429. The van der Waals surface area contributed by atoms with E-state index in [0.29, 0.717) is 17.9 Å². The molecule has 2 rings (SSSR count). The Kier molecular flexibility index (Phi) is 3.15. The molecule has 1 N–H and O–H groups in total. The van der Waals surface area contributed by atoms with Gasteiger partial charge in [-0.25, -0.2) is 8.78 Å². The zero-order valence-corrected chi connectivity index (χ0v) is 11.0. The summed E-state index contributed by atoms with van der Waals surface area (Å²) in [6.07, 6.45) is 0. The molecule has 0 aliphatic rings. The van der Waals surface area contributed by atoms with Crippen LogP contribution in [0.3, 0.4) is 0 Å². The predicted molar refractivity (Wildman–Crippen MR) is 67.5 cm³/mol. The van der Waals surface area contributed by atoms with Crippen molar-refractivity contribution < 1.29 is 13.2 Å². The molecule has 0 unspecified atom stereocenters. The van der Waals surface area contributed by atoms with E-state index in [1.165, 1.54) is 0 Å². The van der Waals surface area contributed by atoms with E-state index in [4.69, 9.17) is 4.42 Å². The van der Waals surface area contributed by atoms with Gasteiger partial charge in [-0.3, -0.25) is 0 Å². The van der Waals surface area contributed by atoms with Crippen molar-refractivity contribution in [1.29, 1.82) is 0 Å². The minimum atomic E-state index is -0.531. The lowest BCUT2D eigenvalue weighted by Crippen LogP contribution is -2.35. The molecule has 1 aromatic heterocycles. The van der Waals surface area contributed by atoms with Crippen molar-refractivity contribution in [2.75, 3.05) is 0 Å². The third-order valence-corrected chi connectivity index (χ3v) is 2.86. The van der Waals surface area contributed by atoms with Crippen LogP contribution in [-0.4, -0.2) is 5.54 Å². The number of halogens is 2. The Balaban J connectivity index is 2.45. The molecular weight excluding hydrogens is 236 g/mol. The van der Waals surface area contributed by atoms with E-state index in [0.717, 1.165) is 12.1 Å². The SMILES string of the molecule is Cc1c(CNC(C)(C)C)oc2c(F)ccc(F)c12. The van der Waals surface area contributed by atoms with Gasteiger partial charge in [-0.15, -0.1) is 0 Å². The molecular formula is C14H17F2NO. The van der Waals surface area contributed by atoms with Gasteiger partial charge in [-0.1, -0.05) is 0 Å². The number of nitrogens with one attached hydrogen (secondary N) is 1. The van der Waals surface area contributed by atoms with Gasteiger partial charge in [0, 0.05) is 11.1 Å². The molecule has 1 aromatic carbocycles. The fourth-order valence-corrected chi connectivity index (χ4v) is 1.84. The lowest BCUT2D eigenvalue weighted by molar-refractivity contribution is 0.392. The van der Waals surface area contributed by atoms with Crippen molar-refractivity contribution >= 4 is 11.0 Å². The van der Waals surface area contributed by atoms with Gasteiger partial charge < -0.3 is 9.73 Å². The number of aryl methyl sites for hydroxylation is 1. The number of rotatable bonds is 2. The molecule has 4 heteroatoms. The van der Waals surface area contributed by atoms with Crippen LogP contribution in [0.25, 0.3) is 11.0 Å². The second-order valence-corrected chi connectivity index (χ2v) is 5.49. The van der Waals surface area contributed by atoms with Crippen molar-refractivity contribution in [2.24, 2.45) is 0 Å². The summed E-state index contributed by atoms with van der Waals surface area (Å²) in [4.78, 5) is 0. The van der Waals surface area contributed by atoms with E-state index in [1.807, 2.05) is 20.8 Å². The summed E-state index contributed by atoms with van der Waals surface area (Å²) in [6, 6.07) is 2.21. The van der Waals surface area contributed by atoms with Crippen LogP contribution in [0.2, 0.25) is 0 Å². The summed E-state index contributed by atoms with van der Waals surface area (Å²) in [5, 5.41) is 3.48. The summed E-state index contributed by atoms with van der Waals surface area (Å²) in [5.74, 6) is -0.407. The predicted octanol–water partition coefficient (Wildman–Crippen LogP) is 3.91. The minimum Gasteiger partial charge on any atom is -0.456 e. The summed E-state index contributed by atoms with van der Waals surface area (Å²) in [5.41, 5.74) is 0.569. The molecule has 0 bridgehead atoms. The first-order chi connectivity index (χ1) is 8.29. The fourth-order valence-electron chi connectivity index (χ4n) is 1.84. The zero-order chi connectivity index (χ0) is 13.5. The first kappa shape index (κ1) is 13.0. The normalized spacial score (nSPS) is 12.3. The molecule has 0 amide bonds. The average Bonchev–Trinajstić information content (AvgIpc) is 2.59. The second-order valence-electron chi connectivity index (χ2n) is 5.49. The molecule has 0 fully saturated rings. The molecule has 1 heterocycles. The van der Waals surface area contributed by atoms with Crippen LogP contribution >= 0.6 is 0 Å². The van der Waals surface area contributed by atoms with Gasteiger partial charge >= 0.3 is 0 Å². The Morgan fingerprint density at radius 1 is 1.17 bits per heavy atom. The minimum absolute atomic E-state index is 0.00166. The Morgan fingerprint density at radius 3 is 2.33 bits per heavy atom. The van der Waals surface area contributed by atoms with Crippen molar-refractivity contribution in [1.82, 2.24) is 5.32 Å². The third-order valence-electron chi connectivity index (χ3n) is 2.86. The van der Waals surface area contributed by atoms with E-state index < -0.39 is 11.6 Å². The molecule has 98 valence electrons. The molecule has 0 spiro atoms. The highest BCUT2D eigenvalue weighted by Gasteiger charge is 2.18. The van der Waals surface area contributed by atoms with Crippen LogP contribution < -0.4 is 5.32 Å². The van der Waals surface area contributed by atoms with Gasteiger partial charge in [0.25, 0.3) is 0 Å². The second kappa shape index (κ2) is 4.35. The van der Waals surface area contributed by atoms with Crippen LogP contribution in [0.1, 0.15) is 32.1 Å². The van der Waals surface area contributed by atoms with Crippen LogP contribution in [0, 0.1) is 18.6 Å². The smallest absolute Gasteiger partial charge is 0.173 e. The number of fused-ring (bicyclic) bond motifs is 1. The molecule has 2 aromatic rings.